The maximum atomic E-state index is 6.24. The van der Waals surface area contributed by atoms with Gasteiger partial charge in [-0.1, -0.05) is 11.6 Å². The van der Waals surface area contributed by atoms with Crippen molar-refractivity contribution in [2.45, 2.75) is 19.5 Å². The summed E-state index contributed by atoms with van der Waals surface area (Å²) in [5.74, 6) is 1.37. The molecule has 1 aliphatic heterocycles. The van der Waals surface area contributed by atoms with Crippen LogP contribution in [0.25, 0.3) is 0 Å². The number of rotatable bonds is 4. The Balaban J connectivity index is 1.69. The minimum Gasteiger partial charge on any atom is -0.486 e. The highest BCUT2D eigenvalue weighted by molar-refractivity contribution is 6.32. The fourth-order valence-corrected chi connectivity index (χ4v) is 2.60. The van der Waals surface area contributed by atoms with E-state index in [9.17, 15) is 0 Å². The van der Waals surface area contributed by atoms with Crippen molar-refractivity contribution in [2.24, 2.45) is 0 Å². The van der Waals surface area contributed by atoms with E-state index in [1.807, 2.05) is 24.3 Å². The van der Waals surface area contributed by atoms with Crippen molar-refractivity contribution in [2.75, 3.05) is 13.2 Å². The van der Waals surface area contributed by atoms with Crippen LogP contribution in [0.5, 0.6) is 11.5 Å². The second-order valence-corrected chi connectivity index (χ2v) is 5.39. The summed E-state index contributed by atoms with van der Waals surface area (Å²) in [7, 11) is 0. The van der Waals surface area contributed by atoms with Crippen LogP contribution in [0.15, 0.2) is 36.7 Å². The van der Waals surface area contributed by atoms with Crippen molar-refractivity contribution in [3.05, 3.63) is 52.8 Å². The van der Waals surface area contributed by atoms with E-state index >= 15 is 0 Å². The third-order valence-electron chi connectivity index (χ3n) is 3.48. The molecule has 0 saturated heterocycles. The Bertz CT molecular complexity index is 619. The van der Waals surface area contributed by atoms with Gasteiger partial charge in [-0.15, -0.1) is 0 Å². The van der Waals surface area contributed by atoms with E-state index in [-0.39, 0.29) is 6.04 Å². The first kappa shape index (κ1) is 14.2. The van der Waals surface area contributed by atoms with Crippen molar-refractivity contribution in [1.29, 1.82) is 0 Å². The monoisotopic (exact) mass is 304 g/mol. The fraction of sp³-hybridized carbons (Fsp3) is 0.312. The summed E-state index contributed by atoms with van der Waals surface area (Å²) < 4.78 is 11.1. The van der Waals surface area contributed by atoms with Crippen LogP contribution in [-0.4, -0.2) is 18.2 Å². The number of fused-ring (bicyclic) bond motifs is 1. The van der Waals surface area contributed by atoms with E-state index in [1.165, 1.54) is 5.56 Å². The van der Waals surface area contributed by atoms with E-state index in [0.29, 0.717) is 30.5 Å². The molecule has 0 spiro atoms. The molecule has 3 rings (SSSR count). The maximum absolute atomic E-state index is 6.24. The zero-order valence-corrected chi connectivity index (χ0v) is 12.6. The minimum absolute atomic E-state index is 0.236. The van der Waals surface area contributed by atoms with Crippen LogP contribution in [-0.2, 0) is 6.54 Å². The predicted molar refractivity (Wildman–Crippen MR) is 81.9 cm³/mol. The van der Waals surface area contributed by atoms with E-state index < -0.39 is 0 Å². The largest absolute Gasteiger partial charge is 0.486 e. The first-order chi connectivity index (χ1) is 10.2. The Labute approximate surface area is 129 Å². The summed E-state index contributed by atoms with van der Waals surface area (Å²) in [6.45, 7) is 3.94. The average molecular weight is 305 g/mol. The summed E-state index contributed by atoms with van der Waals surface area (Å²) in [6.07, 6.45) is 3.60. The minimum atomic E-state index is 0.236. The first-order valence-electron chi connectivity index (χ1n) is 6.95. The van der Waals surface area contributed by atoms with Gasteiger partial charge in [-0.2, -0.15) is 0 Å². The van der Waals surface area contributed by atoms with Crippen molar-refractivity contribution in [3.63, 3.8) is 0 Å². The Morgan fingerprint density at radius 2 is 2.00 bits per heavy atom. The summed E-state index contributed by atoms with van der Waals surface area (Å²) in [5.41, 5.74) is 2.28. The normalized spacial score (nSPS) is 14.8. The molecular weight excluding hydrogens is 288 g/mol. The standard InChI is InChI=1S/C16H17ClN2O2/c1-11(13-2-4-18-5-3-13)19-10-12-8-14(17)16-15(9-12)20-6-7-21-16/h2-5,8-9,11,19H,6-7,10H2,1H3/t11-/m1/s1. The Kier molecular flexibility index (Phi) is 4.27. The molecule has 1 aromatic heterocycles. The van der Waals surface area contributed by atoms with Gasteiger partial charge in [0.1, 0.15) is 13.2 Å². The van der Waals surface area contributed by atoms with Crippen LogP contribution < -0.4 is 14.8 Å². The average Bonchev–Trinajstić information content (AvgIpc) is 2.53. The van der Waals surface area contributed by atoms with Crippen LogP contribution in [0.1, 0.15) is 24.1 Å². The molecule has 0 amide bonds. The molecule has 21 heavy (non-hydrogen) atoms. The molecule has 0 radical (unpaired) electrons. The molecule has 2 heterocycles. The van der Waals surface area contributed by atoms with Gasteiger partial charge in [0, 0.05) is 25.0 Å². The number of nitrogens with zero attached hydrogens (tertiary/aromatic N) is 1. The second-order valence-electron chi connectivity index (χ2n) is 4.98. The molecule has 2 aromatic rings. The summed E-state index contributed by atoms with van der Waals surface area (Å²) in [6, 6.07) is 8.15. The molecular formula is C16H17ClN2O2. The molecule has 0 unspecified atom stereocenters. The molecule has 0 fully saturated rings. The smallest absolute Gasteiger partial charge is 0.179 e. The molecule has 1 N–H and O–H groups in total. The van der Waals surface area contributed by atoms with E-state index in [1.54, 1.807) is 12.4 Å². The molecule has 1 aliphatic rings. The molecule has 110 valence electrons. The number of ether oxygens (including phenoxy) is 2. The number of hydrogen-bond acceptors (Lipinski definition) is 4. The summed E-state index contributed by atoms with van der Waals surface area (Å²) in [5, 5.41) is 4.06. The SMILES string of the molecule is C[C@@H](NCc1cc(Cl)c2c(c1)OCCO2)c1ccncc1. The van der Waals surface area contributed by atoms with E-state index in [4.69, 9.17) is 21.1 Å². The van der Waals surface area contributed by atoms with Gasteiger partial charge < -0.3 is 14.8 Å². The molecule has 0 saturated carbocycles. The van der Waals surface area contributed by atoms with Crippen LogP contribution in [0.3, 0.4) is 0 Å². The van der Waals surface area contributed by atoms with Crippen molar-refractivity contribution in [3.8, 4) is 11.5 Å². The molecule has 1 atom stereocenters. The van der Waals surface area contributed by atoms with Gasteiger partial charge in [-0.25, -0.2) is 0 Å². The number of aromatic nitrogens is 1. The van der Waals surface area contributed by atoms with Crippen LogP contribution >= 0.6 is 11.6 Å². The van der Waals surface area contributed by atoms with Crippen LogP contribution in [0.2, 0.25) is 5.02 Å². The highest BCUT2D eigenvalue weighted by Gasteiger charge is 2.16. The molecule has 4 nitrogen and oxygen atoms in total. The Morgan fingerprint density at radius 3 is 2.81 bits per heavy atom. The highest BCUT2D eigenvalue weighted by Crippen LogP contribution is 2.38. The fourth-order valence-electron chi connectivity index (χ4n) is 2.31. The molecule has 5 heteroatoms. The van der Waals surface area contributed by atoms with Crippen molar-refractivity contribution in [1.82, 2.24) is 10.3 Å². The Morgan fingerprint density at radius 1 is 1.24 bits per heavy atom. The second kappa shape index (κ2) is 6.33. The number of benzene rings is 1. The molecule has 0 aliphatic carbocycles. The lowest BCUT2D eigenvalue weighted by Gasteiger charge is -2.21. The molecule has 1 aromatic carbocycles. The number of halogens is 1. The van der Waals surface area contributed by atoms with Crippen molar-refractivity contribution >= 4 is 11.6 Å². The van der Waals surface area contributed by atoms with Gasteiger partial charge in [0.25, 0.3) is 0 Å². The van der Waals surface area contributed by atoms with E-state index in [2.05, 4.69) is 17.2 Å². The van der Waals surface area contributed by atoms with Gasteiger partial charge in [-0.05, 0) is 42.3 Å². The lowest BCUT2D eigenvalue weighted by molar-refractivity contribution is 0.171. The van der Waals surface area contributed by atoms with Gasteiger partial charge in [-0.3, -0.25) is 4.98 Å². The quantitative estimate of drug-likeness (QED) is 0.940. The number of hydrogen-bond donors (Lipinski definition) is 1. The lowest BCUT2D eigenvalue weighted by atomic mass is 10.1. The number of nitrogens with one attached hydrogen (secondary N) is 1. The van der Waals surface area contributed by atoms with Gasteiger partial charge >= 0.3 is 0 Å². The van der Waals surface area contributed by atoms with Crippen molar-refractivity contribution < 1.29 is 9.47 Å². The lowest BCUT2D eigenvalue weighted by Crippen LogP contribution is -2.19. The Hall–Kier alpha value is -1.78. The molecule has 0 bridgehead atoms. The highest BCUT2D eigenvalue weighted by atomic mass is 35.5. The van der Waals surface area contributed by atoms with E-state index in [0.717, 1.165) is 11.3 Å². The number of pyridine rings is 1. The summed E-state index contributed by atoms with van der Waals surface area (Å²) >= 11 is 6.24. The summed E-state index contributed by atoms with van der Waals surface area (Å²) in [4.78, 5) is 4.03. The van der Waals surface area contributed by atoms with Gasteiger partial charge in [0.2, 0.25) is 0 Å². The van der Waals surface area contributed by atoms with Gasteiger partial charge in [0.15, 0.2) is 11.5 Å². The van der Waals surface area contributed by atoms with Crippen LogP contribution in [0, 0.1) is 0 Å². The third-order valence-corrected chi connectivity index (χ3v) is 3.76. The topological polar surface area (TPSA) is 43.4 Å². The zero-order valence-electron chi connectivity index (χ0n) is 11.8. The maximum Gasteiger partial charge on any atom is 0.179 e. The van der Waals surface area contributed by atoms with Gasteiger partial charge in [0.05, 0.1) is 5.02 Å². The predicted octanol–water partition coefficient (Wildman–Crippen LogP) is 3.36. The first-order valence-corrected chi connectivity index (χ1v) is 7.33. The zero-order chi connectivity index (χ0) is 14.7. The van der Waals surface area contributed by atoms with Crippen LogP contribution in [0.4, 0.5) is 0 Å². The third kappa shape index (κ3) is 3.28.